The maximum Gasteiger partial charge on any atom is 0.143 e. The molecular weight excluding hydrogens is 400 g/mol. The van der Waals surface area contributed by atoms with E-state index in [0.29, 0.717) is 34.4 Å². The van der Waals surface area contributed by atoms with Crippen LogP contribution in [-0.4, -0.2) is 43.3 Å². The fourth-order valence-electron chi connectivity index (χ4n) is 3.25. The molecule has 0 bridgehead atoms. The van der Waals surface area contributed by atoms with Gasteiger partial charge in [0.1, 0.15) is 46.5 Å². The van der Waals surface area contributed by atoms with E-state index >= 15 is 0 Å². The Hall–Kier alpha value is -2.78. The Morgan fingerprint density at radius 1 is 1.20 bits per heavy atom. The number of thioether (sulfide) groups is 1. The van der Waals surface area contributed by atoms with E-state index in [1.165, 1.54) is 11.8 Å². The van der Waals surface area contributed by atoms with Gasteiger partial charge in [-0.05, 0) is 30.5 Å². The van der Waals surface area contributed by atoms with Crippen molar-refractivity contribution in [1.82, 2.24) is 4.98 Å². The molecule has 2 fully saturated rings. The zero-order valence-corrected chi connectivity index (χ0v) is 17.5. The van der Waals surface area contributed by atoms with Gasteiger partial charge in [0.25, 0.3) is 0 Å². The lowest BCUT2D eigenvalue weighted by atomic mass is 9.97. The van der Waals surface area contributed by atoms with Crippen LogP contribution in [0, 0.1) is 28.6 Å². The van der Waals surface area contributed by atoms with Gasteiger partial charge >= 0.3 is 0 Å². The summed E-state index contributed by atoms with van der Waals surface area (Å²) >= 11 is 1.48. The predicted molar refractivity (Wildman–Crippen MR) is 113 cm³/mol. The zero-order chi connectivity index (χ0) is 21.1. The lowest BCUT2D eigenvalue weighted by Crippen LogP contribution is -2.29. The van der Waals surface area contributed by atoms with Crippen molar-refractivity contribution in [2.45, 2.75) is 23.5 Å². The number of hydrogen-bond donors (Lipinski definition) is 1. The number of pyridine rings is 1. The van der Waals surface area contributed by atoms with Gasteiger partial charge in [-0.15, -0.1) is 11.8 Å². The number of nitrogen functional groups attached to an aromatic ring is 1. The second kappa shape index (κ2) is 8.53. The zero-order valence-electron chi connectivity index (χ0n) is 16.7. The van der Waals surface area contributed by atoms with E-state index in [0.717, 1.165) is 37.4 Å². The topological polar surface area (TPSA) is 114 Å². The van der Waals surface area contributed by atoms with Crippen molar-refractivity contribution >= 4 is 17.6 Å². The number of nitrogens with two attached hydrogens (primary N) is 1. The predicted octanol–water partition coefficient (Wildman–Crippen LogP) is 3.37. The van der Waals surface area contributed by atoms with Gasteiger partial charge in [0.05, 0.1) is 18.8 Å². The SMILES string of the molecule is COC1(COc2ccc(-c3c(C#N)c(N)nc(SCC4COC4)c3C#N)cc2)CC1. The summed E-state index contributed by atoms with van der Waals surface area (Å²) in [5.41, 5.74) is 7.75. The number of nitrogens with zero attached hydrogens (tertiary/aromatic N) is 3. The molecule has 0 spiro atoms. The molecule has 0 unspecified atom stereocenters. The van der Waals surface area contributed by atoms with Crippen LogP contribution in [0.1, 0.15) is 24.0 Å². The number of aromatic nitrogens is 1. The van der Waals surface area contributed by atoms with E-state index in [9.17, 15) is 10.5 Å². The van der Waals surface area contributed by atoms with Crippen LogP contribution >= 0.6 is 11.8 Å². The van der Waals surface area contributed by atoms with Crippen LogP contribution in [0.4, 0.5) is 5.82 Å². The summed E-state index contributed by atoms with van der Waals surface area (Å²) in [4.78, 5) is 4.34. The molecule has 0 amide bonds. The van der Waals surface area contributed by atoms with Crippen molar-refractivity contribution in [1.29, 1.82) is 10.5 Å². The average Bonchev–Trinajstić information content (AvgIpc) is 3.51. The van der Waals surface area contributed by atoms with E-state index in [-0.39, 0.29) is 17.0 Å². The molecule has 0 atom stereocenters. The molecule has 154 valence electrons. The number of rotatable bonds is 8. The first-order valence-corrected chi connectivity index (χ1v) is 10.7. The van der Waals surface area contributed by atoms with Crippen LogP contribution < -0.4 is 10.5 Å². The molecule has 2 aliphatic rings. The van der Waals surface area contributed by atoms with Gasteiger partial charge in [0, 0.05) is 24.3 Å². The van der Waals surface area contributed by atoms with Gasteiger partial charge in [0.2, 0.25) is 0 Å². The Balaban J connectivity index is 1.62. The van der Waals surface area contributed by atoms with Crippen LogP contribution in [0.25, 0.3) is 11.1 Å². The quantitative estimate of drug-likeness (QED) is 0.644. The smallest absolute Gasteiger partial charge is 0.143 e. The highest BCUT2D eigenvalue weighted by atomic mass is 32.2. The molecule has 0 radical (unpaired) electrons. The highest BCUT2D eigenvalue weighted by molar-refractivity contribution is 7.99. The highest BCUT2D eigenvalue weighted by Gasteiger charge is 2.44. The Bertz CT molecular complexity index is 1020. The molecule has 30 heavy (non-hydrogen) atoms. The summed E-state index contributed by atoms with van der Waals surface area (Å²) in [6, 6.07) is 11.7. The number of methoxy groups -OCH3 is 1. The Morgan fingerprint density at radius 3 is 2.43 bits per heavy atom. The van der Waals surface area contributed by atoms with E-state index in [1.54, 1.807) is 7.11 Å². The second-order valence-corrected chi connectivity index (χ2v) is 8.57. The van der Waals surface area contributed by atoms with E-state index < -0.39 is 0 Å². The number of benzene rings is 1. The van der Waals surface area contributed by atoms with Crippen LogP contribution in [0.5, 0.6) is 5.75 Å². The molecule has 8 heteroatoms. The molecule has 1 saturated carbocycles. The normalized spacial score (nSPS) is 16.9. The standard InChI is InChI=1S/C22H22N4O3S/c1-27-22(6-7-22)13-29-16-4-2-15(3-5-16)19-17(8-23)20(25)26-21(18(19)9-24)30-12-14-10-28-11-14/h2-5,14H,6-7,10-13H2,1H3,(H2,25,26). The summed E-state index contributed by atoms with van der Waals surface area (Å²) < 4.78 is 16.5. The fraction of sp³-hybridized carbons (Fsp3) is 0.409. The average molecular weight is 423 g/mol. The van der Waals surface area contributed by atoms with Crippen molar-refractivity contribution < 1.29 is 14.2 Å². The molecule has 1 saturated heterocycles. The van der Waals surface area contributed by atoms with Gasteiger partial charge in [0.15, 0.2) is 0 Å². The molecule has 2 heterocycles. The minimum absolute atomic E-state index is 0.134. The van der Waals surface area contributed by atoms with Gasteiger partial charge in [-0.2, -0.15) is 10.5 Å². The van der Waals surface area contributed by atoms with Crippen molar-refractivity contribution in [3.63, 3.8) is 0 Å². The monoisotopic (exact) mass is 422 g/mol. The lowest BCUT2D eigenvalue weighted by molar-refractivity contribution is -0.0196. The third kappa shape index (κ3) is 4.08. The van der Waals surface area contributed by atoms with Crippen LogP contribution in [0.3, 0.4) is 0 Å². The van der Waals surface area contributed by atoms with Gasteiger partial charge < -0.3 is 19.9 Å². The van der Waals surface area contributed by atoms with Crippen LogP contribution in [0.15, 0.2) is 29.3 Å². The minimum atomic E-state index is -0.155. The summed E-state index contributed by atoms with van der Waals surface area (Å²) in [5.74, 6) is 2.08. The van der Waals surface area contributed by atoms with Crippen molar-refractivity contribution in [3.8, 4) is 29.0 Å². The van der Waals surface area contributed by atoms with Crippen molar-refractivity contribution in [2.75, 3.05) is 38.4 Å². The minimum Gasteiger partial charge on any atom is -0.491 e. The summed E-state index contributed by atoms with van der Waals surface area (Å²) in [6.07, 6.45) is 2.00. The van der Waals surface area contributed by atoms with E-state index in [4.69, 9.17) is 19.9 Å². The third-order valence-electron chi connectivity index (χ3n) is 5.46. The summed E-state index contributed by atoms with van der Waals surface area (Å²) in [7, 11) is 1.70. The van der Waals surface area contributed by atoms with Crippen LogP contribution in [-0.2, 0) is 9.47 Å². The first-order valence-electron chi connectivity index (χ1n) is 9.72. The Labute approximate surface area is 179 Å². The third-order valence-corrected chi connectivity index (χ3v) is 6.67. The highest BCUT2D eigenvalue weighted by Crippen LogP contribution is 2.40. The molecule has 1 aliphatic heterocycles. The first-order chi connectivity index (χ1) is 14.6. The molecular formula is C22H22N4O3S. The van der Waals surface area contributed by atoms with E-state index in [2.05, 4.69) is 17.1 Å². The Kier molecular flexibility index (Phi) is 5.83. The lowest BCUT2D eigenvalue weighted by Gasteiger charge is -2.25. The number of hydrogen-bond acceptors (Lipinski definition) is 8. The van der Waals surface area contributed by atoms with Gasteiger partial charge in [-0.1, -0.05) is 12.1 Å². The molecule has 1 aromatic carbocycles. The molecule has 2 aromatic rings. The first kappa shape index (κ1) is 20.5. The van der Waals surface area contributed by atoms with Crippen LogP contribution in [0.2, 0.25) is 0 Å². The molecule has 1 aliphatic carbocycles. The summed E-state index contributed by atoms with van der Waals surface area (Å²) in [5, 5.41) is 20.1. The summed E-state index contributed by atoms with van der Waals surface area (Å²) in [6.45, 7) is 1.95. The molecule has 4 rings (SSSR count). The van der Waals surface area contributed by atoms with Crippen molar-refractivity contribution in [3.05, 3.63) is 35.4 Å². The number of ether oxygens (including phenoxy) is 3. The van der Waals surface area contributed by atoms with Gasteiger partial charge in [-0.3, -0.25) is 0 Å². The number of nitriles is 2. The van der Waals surface area contributed by atoms with Gasteiger partial charge in [-0.25, -0.2) is 4.98 Å². The molecule has 1 aromatic heterocycles. The molecule has 2 N–H and O–H groups in total. The maximum absolute atomic E-state index is 9.85. The Morgan fingerprint density at radius 2 is 1.90 bits per heavy atom. The fourth-order valence-corrected chi connectivity index (χ4v) is 4.29. The maximum atomic E-state index is 9.85. The van der Waals surface area contributed by atoms with Crippen molar-refractivity contribution in [2.24, 2.45) is 5.92 Å². The molecule has 7 nitrogen and oxygen atoms in total. The van der Waals surface area contributed by atoms with E-state index in [1.807, 2.05) is 24.3 Å². The largest absolute Gasteiger partial charge is 0.491 e. The second-order valence-electron chi connectivity index (χ2n) is 7.57. The number of anilines is 1.